The highest BCUT2D eigenvalue weighted by Crippen LogP contribution is 2.33. The van der Waals surface area contributed by atoms with Crippen molar-refractivity contribution in [3.05, 3.63) is 119 Å². The van der Waals surface area contributed by atoms with Crippen LogP contribution in [0.3, 0.4) is 0 Å². The molecule has 0 aliphatic carbocycles. The predicted octanol–water partition coefficient (Wildman–Crippen LogP) is 4.94. The molecular formula is C33H34ClN3O6S. The van der Waals surface area contributed by atoms with E-state index in [4.69, 9.17) is 21.1 Å². The largest absolute Gasteiger partial charge is 0.497 e. The number of nitrogens with zero attached hydrogens (tertiary/aromatic N) is 2. The first kappa shape index (κ1) is 32.4. The van der Waals surface area contributed by atoms with Gasteiger partial charge in [0.1, 0.15) is 24.1 Å². The van der Waals surface area contributed by atoms with Crippen molar-refractivity contribution in [2.24, 2.45) is 0 Å². The first-order chi connectivity index (χ1) is 21.2. The number of sulfonamides is 1. The van der Waals surface area contributed by atoms with Crippen LogP contribution in [-0.4, -0.2) is 59.0 Å². The molecule has 0 heterocycles. The number of hydrogen-bond donors (Lipinski definition) is 1. The molecule has 0 saturated heterocycles. The minimum absolute atomic E-state index is 0.0310. The van der Waals surface area contributed by atoms with Gasteiger partial charge in [-0.2, -0.15) is 0 Å². The standard InChI is InChI=1S/C33H34ClN3O6S/c1-35-33(39)30(21-24-9-5-4-6-10-24)36(22-25-13-15-26(34)16-14-25)32(38)23-37(29-11-7-8-12-31(29)43-3)44(40,41)28-19-17-27(42-2)18-20-28/h4-20,30H,21-23H2,1-3H3,(H,35,39)/t30-/m0/s1. The van der Waals surface area contributed by atoms with E-state index in [1.165, 1.54) is 50.4 Å². The van der Waals surface area contributed by atoms with E-state index in [0.29, 0.717) is 16.3 Å². The molecule has 0 radical (unpaired) electrons. The summed E-state index contributed by atoms with van der Waals surface area (Å²) in [7, 11) is 0.110. The molecular weight excluding hydrogens is 602 g/mol. The van der Waals surface area contributed by atoms with Gasteiger partial charge in [0.25, 0.3) is 10.0 Å². The highest BCUT2D eigenvalue weighted by molar-refractivity contribution is 7.92. The molecule has 2 amide bonds. The van der Waals surface area contributed by atoms with Gasteiger partial charge in [0.15, 0.2) is 0 Å². The smallest absolute Gasteiger partial charge is 0.264 e. The normalized spacial score (nSPS) is 11.7. The van der Waals surface area contributed by atoms with Gasteiger partial charge in [0, 0.05) is 25.0 Å². The fourth-order valence-electron chi connectivity index (χ4n) is 4.73. The Hall–Kier alpha value is -4.54. The molecule has 0 spiro atoms. The molecule has 0 aliphatic rings. The number of nitrogens with one attached hydrogen (secondary N) is 1. The number of para-hydroxylation sites is 2. The van der Waals surface area contributed by atoms with E-state index in [0.717, 1.165) is 9.87 Å². The minimum atomic E-state index is -4.30. The zero-order valence-electron chi connectivity index (χ0n) is 24.6. The maximum absolute atomic E-state index is 14.4. The number of likely N-dealkylation sites (N-methyl/N-ethyl adjacent to an activating group) is 1. The highest BCUT2D eigenvalue weighted by atomic mass is 35.5. The quantitative estimate of drug-likeness (QED) is 0.223. The molecule has 0 unspecified atom stereocenters. The molecule has 0 aromatic heterocycles. The van der Waals surface area contributed by atoms with Gasteiger partial charge in [-0.15, -0.1) is 0 Å². The van der Waals surface area contributed by atoms with Crippen molar-refractivity contribution in [1.82, 2.24) is 10.2 Å². The summed E-state index contributed by atoms with van der Waals surface area (Å²) in [5, 5.41) is 3.19. The summed E-state index contributed by atoms with van der Waals surface area (Å²) < 4.78 is 40.0. The van der Waals surface area contributed by atoms with E-state index in [1.54, 1.807) is 48.5 Å². The van der Waals surface area contributed by atoms with Crippen LogP contribution in [0.5, 0.6) is 11.5 Å². The molecule has 4 aromatic rings. The number of methoxy groups -OCH3 is 2. The lowest BCUT2D eigenvalue weighted by atomic mass is 10.0. The van der Waals surface area contributed by atoms with Gasteiger partial charge in [0.05, 0.1) is 24.8 Å². The number of ether oxygens (including phenoxy) is 2. The topological polar surface area (TPSA) is 105 Å². The maximum Gasteiger partial charge on any atom is 0.264 e. The van der Waals surface area contributed by atoms with Crippen LogP contribution in [0.4, 0.5) is 5.69 Å². The van der Waals surface area contributed by atoms with E-state index in [2.05, 4.69) is 5.32 Å². The van der Waals surface area contributed by atoms with Crippen molar-refractivity contribution in [2.45, 2.75) is 23.9 Å². The van der Waals surface area contributed by atoms with Crippen LogP contribution in [0.1, 0.15) is 11.1 Å². The van der Waals surface area contributed by atoms with Crippen LogP contribution in [0, 0.1) is 0 Å². The second-order valence-electron chi connectivity index (χ2n) is 9.83. The Bertz CT molecular complexity index is 1670. The second-order valence-corrected chi connectivity index (χ2v) is 12.1. The van der Waals surface area contributed by atoms with Crippen molar-refractivity contribution in [2.75, 3.05) is 32.1 Å². The zero-order chi connectivity index (χ0) is 31.7. The van der Waals surface area contributed by atoms with Crippen molar-refractivity contribution in [3.8, 4) is 11.5 Å². The molecule has 230 valence electrons. The van der Waals surface area contributed by atoms with Gasteiger partial charge in [-0.25, -0.2) is 8.42 Å². The van der Waals surface area contributed by atoms with Crippen LogP contribution in [0.25, 0.3) is 0 Å². The third-order valence-electron chi connectivity index (χ3n) is 7.06. The number of benzene rings is 4. The van der Waals surface area contributed by atoms with E-state index in [9.17, 15) is 18.0 Å². The van der Waals surface area contributed by atoms with Crippen LogP contribution in [0.2, 0.25) is 5.02 Å². The lowest BCUT2D eigenvalue weighted by molar-refractivity contribution is -0.139. The second kappa shape index (κ2) is 14.8. The third kappa shape index (κ3) is 7.69. The molecule has 4 aromatic carbocycles. The Kier molecular flexibility index (Phi) is 10.9. The van der Waals surface area contributed by atoms with Crippen molar-refractivity contribution in [1.29, 1.82) is 0 Å². The number of amides is 2. The maximum atomic E-state index is 14.4. The minimum Gasteiger partial charge on any atom is -0.497 e. The summed E-state index contributed by atoms with van der Waals surface area (Å²) in [6.07, 6.45) is 0.208. The van der Waals surface area contributed by atoms with Crippen LogP contribution in [0.15, 0.2) is 108 Å². The predicted molar refractivity (Wildman–Crippen MR) is 171 cm³/mol. The van der Waals surface area contributed by atoms with Crippen molar-refractivity contribution < 1.29 is 27.5 Å². The molecule has 9 nitrogen and oxygen atoms in total. The fraction of sp³-hybridized carbons (Fsp3) is 0.212. The molecule has 4 rings (SSSR count). The van der Waals surface area contributed by atoms with Crippen molar-refractivity contribution in [3.63, 3.8) is 0 Å². The zero-order valence-corrected chi connectivity index (χ0v) is 26.2. The number of carbonyl (C=O) groups excluding carboxylic acids is 2. The lowest BCUT2D eigenvalue weighted by Gasteiger charge is -2.34. The molecule has 1 atom stereocenters. The average molecular weight is 636 g/mol. The first-order valence-electron chi connectivity index (χ1n) is 13.8. The fourth-order valence-corrected chi connectivity index (χ4v) is 6.28. The van der Waals surface area contributed by atoms with E-state index in [1.807, 2.05) is 30.3 Å². The molecule has 1 N–H and O–H groups in total. The number of carbonyl (C=O) groups is 2. The lowest BCUT2D eigenvalue weighted by Crippen LogP contribution is -2.53. The van der Waals surface area contributed by atoms with Gasteiger partial charge in [-0.1, -0.05) is 66.2 Å². The Balaban J connectivity index is 1.81. The Labute approximate surface area is 263 Å². The van der Waals surface area contributed by atoms with Gasteiger partial charge in [-0.05, 0) is 59.7 Å². The van der Waals surface area contributed by atoms with Crippen LogP contribution < -0.4 is 19.1 Å². The Morgan fingerprint density at radius 3 is 2.07 bits per heavy atom. The molecule has 0 aliphatic heterocycles. The van der Waals surface area contributed by atoms with E-state index >= 15 is 0 Å². The molecule has 44 heavy (non-hydrogen) atoms. The Morgan fingerprint density at radius 1 is 0.818 bits per heavy atom. The summed E-state index contributed by atoms with van der Waals surface area (Å²) in [5.74, 6) is -0.244. The molecule has 0 fully saturated rings. The monoisotopic (exact) mass is 635 g/mol. The highest BCUT2D eigenvalue weighted by Gasteiger charge is 2.35. The Morgan fingerprint density at radius 2 is 1.45 bits per heavy atom. The number of hydrogen-bond acceptors (Lipinski definition) is 6. The van der Waals surface area contributed by atoms with E-state index in [-0.39, 0.29) is 29.3 Å². The van der Waals surface area contributed by atoms with Crippen LogP contribution in [-0.2, 0) is 32.6 Å². The average Bonchev–Trinajstić information content (AvgIpc) is 3.06. The summed E-state index contributed by atoms with van der Waals surface area (Å²) in [4.78, 5) is 29.1. The first-order valence-corrected chi connectivity index (χ1v) is 15.6. The summed E-state index contributed by atoms with van der Waals surface area (Å²) in [5.41, 5.74) is 1.72. The number of halogens is 1. The van der Waals surface area contributed by atoms with Crippen molar-refractivity contribution >= 4 is 39.1 Å². The summed E-state index contributed by atoms with van der Waals surface area (Å²) >= 11 is 6.11. The molecule has 0 bridgehead atoms. The van der Waals surface area contributed by atoms with Gasteiger partial charge < -0.3 is 19.7 Å². The summed E-state index contributed by atoms with van der Waals surface area (Å²) in [6.45, 7) is -0.576. The number of rotatable bonds is 13. The van der Waals surface area contributed by atoms with Gasteiger partial charge in [0.2, 0.25) is 11.8 Å². The summed E-state index contributed by atoms with van der Waals surface area (Å²) in [6, 6.07) is 27.7. The third-order valence-corrected chi connectivity index (χ3v) is 9.09. The van der Waals surface area contributed by atoms with Gasteiger partial charge in [-0.3, -0.25) is 13.9 Å². The van der Waals surface area contributed by atoms with Gasteiger partial charge >= 0.3 is 0 Å². The molecule has 0 saturated carbocycles. The van der Waals surface area contributed by atoms with Crippen LogP contribution >= 0.6 is 11.6 Å². The van der Waals surface area contributed by atoms with E-state index < -0.39 is 34.4 Å². The SMILES string of the molecule is CNC(=O)[C@H](Cc1ccccc1)N(Cc1ccc(Cl)cc1)C(=O)CN(c1ccccc1OC)S(=O)(=O)c1ccc(OC)cc1. The number of anilines is 1. The molecule has 11 heteroatoms.